The van der Waals surface area contributed by atoms with Gasteiger partial charge in [0.2, 0.25) is 11.8 Å². The number of aromatic nitrogens is 3. The number of piperidine rings is 1. The average molecular weight is 525 g/mol. The van der Waals surface area contributed by atoms with Crippen LogP contribution in [0.25, 0.3) is 11.3 Å². The summed E-state index contributed by atoms with van der Waals surface area (Å²) in [5, 5.41) is 0. The maximum Gasteiger partial charge on any atom is 0.417 e. The number of pyridine rings is 1. The molecule has 4 heterocycles. The Morgan fingerprint density at radius 3 is 2.54 bits per heavy atom. The molecule has 0 aromatic carbocycles. The van der Waals surface area contributed by atoms with Gasteiger partial charge < -0.3 is 29.7 Å². The summed E-state index contributed by atoms with van der Waals surface area (Å²) >= 11 is 0. The lowest BCUT2D eigenvalue weighted by molar-refractivity contribution is -0.137. The first-order valence-corrected chi connectivity index (χ1v) is 12.1. The molecule has 0 saturated carbocycles. The van der Waals surface area contributed by atoms with Gasteiger partial charge in [-0.1, -0.05) is 0 Å². The number of hydrogen-bond acceptors (Lipinski definition) is 9. The third-order valence-electron chi connectivity index (χ3n) is 5.81. The SMILES string of the molecule is CC(C)(C)OC(=O)N1CCCC(Oc2cc(-c3cnc(N)cc3C(F)(F)F)nc(N3CCOCC3)n2)C1. The molecule has 2 aliphatic rings. The molecule has 1 unspecified atom stereocenters. The van der Waals surface area contributed by atoms with Crippen LogP contribution >= 0.6 is 0 Å². The molecule has 0 aliphatic carbocycles. The summed E-state index contributed by atoms with van der Waals surface area (Å²) in [6.45, 7) is 7.99. The number of amides is 1. The van der Waals surface area contributed by atoms with E-state index in [1.165, 1.54) is 6.07 Å². The average Bonchev–Trinajstić information content (AvgIpc) is 2.83. The Balaban J connectivity index is 1.65. The van der Waals surface area contributed by atoms with E-state index in [9.17, 15) is 18.0 Å². The molecule has 2 fully saturated rings. The van der Waals surface area contributed by atoms with Gasteiger partial charge in [0.05, 0.1) is 31.0 Å². The van der Waals surface area contributed by atoms with E-state index in [4.69, 9.17) is 19.9 Å². The zero-order valence-electron chi connectivity index (χ0n) is 21.0. The summed E-state index contributed by atoms with van der Waals surface area (Å²) in [7, 11) is 0. The van der Waals surface area contributed by atoms with Gasteiger partial charge in [-0.15, -0.1) is 0 Å². The topological polar surface area (TPSA) is 116 Å². The van der Waals surface area contributed by atoms with Crippen molar-refractivity contribution in [3.05, 3.63) is 23.9 Å². The fourth-order valence-corrected chi connectivity index (χ4v) is 4.12. The molecule has 1 amide bonds. The Bertz CT molecular complexity index is 1120. The highest BCUT2D eigenvalue weighted by Gasteiger charge is 2.35. The van der Waals surface area contributed by atoms with E-state index in [-0.39, 0.29) is 35.4 Å². The minimum atomic E-state index is -4.67. The molecule has 1 atom stereocenters. The molecular weight excluding hydrogens is 493 g/mol. The van der Waals surface area contributed by atoms with Crippen molar-refractivity contribution < 1.29 is 32.2 Å². The van der Waals surface area contributed by atoms with Gasteiger partial charge >= 0.3 is 12.3 Å². The van der Waals surface area contributed by atoms with Crippen LogP contribution in [0.2, 0.25) is 0 Å². The van der Waals surface area contributed by atoms with Crippen LogP contribution in [0, 0.1) is 0 Å². The second kappa shape index (κ2) is 10.6. The van der Waals surface area contributed by atoms with E-state index in [0.717, 1.165) is 12.3 Å². The molecule has 2 aromatic heterocycles. The van der Waals surface area contributed by atoms with E-state index in [1.807, 2.05) is 4.90 Å². The smallest absolute Gasteiger partial charge is 0.417 e. The quantitative estimate of drug-likeness (QED) is 0.638. The molecule has 0 radical (unpaired) electrons. The van der Waals surface area contributed by atoms with Crippen molar-refractivity contribution >= 4 is 17.9 Å². The van der Waals surface area contributed by atoms with Crippen molar-refractivity contribution in [2.45, 2.75) is 51.5 Å². The summed E-state index contributed by atoms with van der Waals surface area (Å²) in [5.74, 6) is 0.0764. The largest absolute Gasteiger partial charge is 0.472 e. The first-order chi connectivity index (χ1) is 17.4. The van der Waals surface area contributed by atoms with E-state index < -0.39 is 29.5 Å². The number of ether oxygens (including phenoxy) is 3. The maximum atomic E-state index is 13.8. The van der Waals surface area contributed by atoms with Gasteiger partial charge in [0, 0.05) is 37.5 Å². The van der Waals surface area contributed by atoms with Crippen LogP contribution in [-0.4, -0.2) is 77.0 Å². The zero-order valence-corrected chi connectivity index (χ0v) is 21.0. The Labute approximate surface area is 212 Å². The van der Waals surface area contributed by atoms with Crippen molar-refractivity contribution in [3.8, 4) is 17.1 Å². The number of likely N-dealkylation sites (tertiary alicyclic amines) is 1. The van der Waals surface area contributed by atoms with Crippen molar-refractivity contribution in [2.75, 3.05) is 50.0 Å². The maximum absolute atomic E-state index is 13.8. The Morgan fingerprint density at radius 2 is 1.86 bits per heavy atom. The molecule has 10 nitrogen and oxygen atoms in total. The molecule has 4 rings (SSSR count). The molecular formula is C24H31F3N6O4. The van der Waals surface area contributed by atoms with E-state index in [2.05, 4.69) is 15.0 Å². The van der Waals surface area contributed by atoms with Crippen molar-refractivity contribution in [2.24, 2.45) is 0 Å². The number of carbonyl (C=O) groups is 1. The fourth-order valence-electron chi connectivity index (χ4n) is 4.12. The molecule has 0 bridgehead atoms. The van der Waals surface area contributed by atoms with Crippen LogP contribution < -0.4 is 15.4 Å². The summed E-state index contributed by atoms with van der Waals surface area (Å²) in [4.78, 5) is 28.7. The predicted octanol–water partition coefficient (Wildman–Crippen LogP) is 3.75. The third kappa shape index (κ3) is 6.90. The number of hydrogen-bond donors (Lipinski definition) is 1. The van der Waals surface area contributed by atoms with Crippen LogP contribution in [0.1, 0.15) is 39.2 Å². The number of anilines is 2. The van der Waals surface area contributed by atoms with Crippen molar-refractivity contribution in [1.29, 1.82) is 0 Å². The van der Waals surface area contributed by atoms with E-state index in [0.29, 0.717) is 45.7 Å². The van der Waals surface area contributed by atoms with Crippen LogP contribution in [-0.2, 0) is 15.7 Å². The summed E-state index contributed by atoms with van der Waals surface area (Å²) < 4.78 is 58.5. The molecule has 2 saturated heterocycles. The Hall–Kier alpha value is -3.35. The lowest BCUT2D eigenvalue weighted by Gasteiger charge is -2.34. The Kier molecular flexibility index (Phi) is 7.62. The van der Waals surface area contributed by atoms with Gasteiger partial charge in [0.25, 0.3) is 0 Å². The molecule has 2 aromatic rings. The van der Waals surface area contributed by atoms with Crippen molar-refractivity contribution in [3.63, 3.8) is 0 Å². The van der Waals surface area contributed by atoms with Gasteiger partial charge in [-0.25, -0.2) is 14.8 Å². The third-order valence-corrected chi connectivity index (χ3v) is 5.81. The highest BCUT2D eigenvalue weighted by atomic mass is 19.4. The lowest BCUT2D eigenvalue weighted by atomic mass is 10.1. The number of nitrogen functional groups attached to an aromatic ring is 1. The number of nitrogens with two attached hydrogens (primary N) is 1. The Morgan fingerprint density at radius 1 is 1.14 bits per heavy atom. The number of halogens is 3. The normalized spacial score (nSPS) is 19.0. The van der Waals surface area contributed by atoms with Gasteiger partial charge in [-0.3, -0.25) is 0 Å². The molecule has 0 spiro atoms. The van der Waals surface area contributed by atoms with Gasteiger partial charge in [0.15, 0.2) is 0 Å². The first-order valence-electron chi connectivity index (χ1n) is 12.1. The number of rotatable bonds is 4. The highest BCUT2D eigenvalue weighted by molar-refractivity contribution is 5.68. The van der Waals surface area contributed by atoms with Gasteiger partial charge in [-0.2, -0.15) is 18.2 Å². The monoisotopic (exact) mass is 524 g/mol. The van der Waals surface area contributed by atoms with E-state index in [1.54, 1.807) is 25.7 Å². The van der Waals surface area contributed by atoms with Gasteiger partial charge in [0.1, 0.15) is 17.5 Å². The molecule has 2 aliphatic heterocycles. The summed E-state index contributed by atoms with van der Waals surface area (Å²) in [6.07, 6.45) is -3.16. The van der Waals surface area contributed by atoms with Crippen LogP contribution in [0.15, 0.2) is 18.3 Å². The molecule has 202 valence electrons. The van der Waals surface area contributed by atoms with Crippen LogP contribution in [0.4, 0.5) is 29.7 Å². The summed E-state index contributed by atoms with van der Waals surface area (Å²) in [6, 6.07) is 2.14. The van der Waals surface area contributed by atoms with Gasteiger partial charge in [-0.05, 0) is 39.7 Å². The number of alkyl halides is 3. The second-order valence-electron chi connectivity index (χ2n) is 9.95. The summed E-state index contributed by atoms with van der Waals surface area (Å²) in [5.41, 5.74) is 3.73. The minimum Gasteiger partial charge on any atom is -0.472 e. The fraction of sp³-hybridized carbons (Fsp3) is 0.583. The minimum absolute atomic E-state index is 0.00567. The number of morpholine rings is 1. The standard InChI is InChI=1S/C24H31F3N6O4/c1-23(2,3)37-22(34)33-6-4-5-15(14-33)36-20-12-18(30-21(31-20)32-7-9-35-10-8-32)16-13-29-19(28)11-17(16)24(25,26)27/h11-13,15H,4-10,14H2,1-3H3,(H2,28,29). The number of nitrogens with zero attached hydrogens (tertiary/aromatic N) is 5. The molecule has 2 N–H and O–H groups in total. The predicted molar refractivity (Wildman–Crippen MR) is 129 cm³/mol. The van der Waals surface area contributed by atoms with Crippen LogP contribution in [0.5, 0.6) is 5.88 Å². The lowest BCUT2D eigenvalue weighted by Crippen LogP contribution is -2.46. The molecule has 13 heteroatoms. The highest BCUT2D eigenvalue weighted by Crippen LogP contribution is 2.38. The van der Waals surface area contributed by atoms with E-state index >= 15 is 0 Å². The zero-order chi connectivity index (χ0) is 26.8. The molecule has 37 heavy (non-hydrogen) atoms. The van der Waals surface area contributed by atoms with Crippen LogP contribution in [0.3, 0.4) is 0 Å². The van der Waals surface area contributed by atoms with Crippen molar-refractivity contribution in [1.82, 2.24) is 19.9 Å². The number of carbonyl (C=O) groups excluding carboxylic acids is 1. The second-order valence-corrected chi connectivity index (χ2v) is 9.95. The first kappa shape index (κ1) is 26.7.